The highest BCUT2D eigenvalue weighted by Gasteiger charge is 2.22. The second-order valence-electron chi connectivity index (χ2n) is 6.88. The second kappa shape index (κ2) is 7.48. The molecule has 8 heteroatoms. The van der Waals surface area contributed by atoms with Crippen molar-refractivity contribution in [3.8, 4) is 5.00 Å². The number of aromatic nitrogens is 4. The van der Waals surface area contributed by atoms with E-state index >= 15 is 0 Å². The van der Waals surface area contributed by atoms with Gasteiger partial charge in [0, 0.05) is 25.5 Å². The third-order valence-electron chi connectivity index (χ3n) is 4.70. The van der Waals surface area contributed by atoms with Gasteiger partial charge in [0.15, 0.2) is 0 Å². The fourth-order valence-corrected chi connectivity index (χ4v) is 3.98. The molecule has 0 aliphatic heterocycles. The summed E-state index contributed by atoms with van der Waals surface area (Å²) in [6.07, 6.45) is 8.49. The van der Waals surface area contributed by atoms with E-state index in [0.717, 1.165) is 23.5 Å². The van der Waals surface area contributed by atoms with E-state index in [2.05, 4.69) is 15.4 Å². The van der Waals surface area contributed by atoms with Crippen LogP contribution in [0.15, 0.2) is 41.7 Å². The Morgan fingerprint density at radius 3 is 3.00 bits per heavy atom. The van der Waals surface area contributed by atoms with Crippen LogP contribution < -0.4 is 11.0 Å². The molecule has 0 aromatic carbocycles. The lowest BCUT2D eigenvalue weighted by Crippen LogP contribution is -2.23. The van der Waals surface area contributed by atoms with Crippen molar-refractivity contribution in [1.29, 1.82) is 0 Å². The maximum absolute atomic E-state index is 12.6. The topological polar surface area (TPSA) is 81.8 Å². The van der Waals surface area contributed by atoms with Crippen LogP contribution >= 0.6 is 11.3 Å². The van der Waals surface area contributed by atoms with Gasteiger partial charge in [-0.2, -0.15) is 5.10 Å². The number of aryl methyl sites for hydroxylation is 2. The molecule has 0 unspecified atom stereocenters. The average Bonchev–Trinajstić information content (AvgIpc) is 3.33. The number of nitrogens with one attached hydrogen (secondary N) is 1. The van der Waals surface area contributed by atoms with Crippen LogP contribution in [0.4, 0.5) is 0 Å². The van der Waals surface area contributed by atoms with Gasteiger partial charge >= 0.3 is 5.69 Å². The molecule has 1 fully saturated rings. The van der Waals surface area contributed by atoms with Crippen molar-refractivity contribution in [2.45, 2.75) is 39.3 Å². The zero-order chi connectivity index (χ0) is 18.8. The average molecular weight is 383 g/mol. The summed E-state index contributed by atoms with van der Waals surface area (Å²) in [5, 5.41) is 7.83. The molecule has 7 nitrogen and oxygen atoms in total. The SMILES string of the molecule is Cc1cc(-n2cnn(CCC3CC3)c2=O)sc1C(=O)NCc1cccnc1. The standard InChI is InChI=1S/C19H21N5O2S/c1-13-9-16(23-12-22-24(19(23)26)8-6-14-4-5-14)27-17(13)18(25)21-11-15-3-2-7-20-10-15/h2-3,7,9-10,12,14H,4-6,8,11H2,1H3,(H,21,25). The van der Waals surface area contributed by atoms with E-state index in [-0.39, 0.29) is 11.6 Å². The summed E-state index contributed by atoms with van der Waals surface area (Å²) in [5.74, 6) is 0.600. The zero-order valence-electron chi connectivity index (χ0n) is 15.1. The van der Waals surface area contributed by atoms with E-state index in [1.807, 2.05) is 25.1 Å². The van der Waals surface area contributed by atoms with Gasteiger partial charge in [0.25, 0.3) is 5.91 Å². The number of rotatable bonds is 7. The lowest BCUT2D eigenvalue weighted by Gasteiger charge is -2.04. The highest BCUT2D eigenvalue weighted by molar-refractivity contribution is 7.16. The van der Waals surface area contributed by atoms with Crippen molar-refractivity contribution in [2.24, 2.45) is 5.92 Å². The van der Waals surface area contributed by atoms with Gasteiger partial charge < -0.3 is 5.32 Å². The van der Waals surface area contributed by atoms with Crippen molar-refractivity contribution in [1.82, 2.24) is 24.6 Å². The van der Waals surface area contributed by atoms with E-state index in [4.69, 9.17) is 0 Å². The third-order valence-corrected chi connectivity index (χ3v) is 5.94. The van der Waals surface area contributed by atoms with Crippen molar-refractivity contribution in [2.75, 3.05) is 0 Å². The summed E-state index contributed by atoms with van der Waals surface area (Å²) in [6, 6.07) is 5.61. The number of carbonyl (C=O) groups is 1. The zero-order valence-corrected chi connectivity index (χ0v) is 15.9. The van der Waals surface area contributed by atoms with Crippen LogP contribution in [-0.4, -0.2) is 25.2 Å². The fraction of sp³-hybridized carbons (Fsp3) is 0.368. The minimum atomic E-state index is -0.154. The van der Waals surface area contributed by atoms with Crippen LogP contribution in [-0.2, 0) is 13.1 Å². The van der Waals surface area contributed by atoms with Crippen LogP contribution in [0.25, 0.3) is 5.00 Å². The first kappa shape index (κ1) is 17.7. The number of hydrogen-bond donors (Lipinski definition) is 1. The first-order chi connectivity index (χ1) is 13.1. The van der Waals surface area contributed by atoms with E-state index in [0.29, 0.717) is 23.0 Å². The molecule has 1 saturated carbocycles. The molecule has 0 radical (unpaired) electrons. The normalized spacial score (nSPS) is 13.7. The van der Waals surface area contributed by atoms with Gasteiger partial charge in [-0.3, -0.25) is 9.78 Å². The molecule has 4 rings (SSSR count). The molecule has 140 valence electrons. The largest absolute Gasteiger partial charge is 0.350 e. The van der Waals surface area contributed by atoms with E-state index in [9.17, 15) is 9.59 Å². The number of carbonyl (C=O) groups excluding carboxylic acids is 1. The summed E-state index contributed by atoms with van der Waals surface area (Å²) >= 11 is 1.30. The second-order valence-corrected chi connectivity index (χ2v) is 7.91. The summed E-state index contributed by atoms with van der Waals surface area (Å²) in [7, 11) is 0. The monoisotopic (exact) mass is 383 g/mol. The fourth-order valence-electron chi connectivity index (χ4n) is 2.93. The molecule has 0 saturated heterocycles. The van der Waals surface area contributed by atoms with Crippen LogP contribution in [0, 0.1) is 12.8 Å². The summed E-state index contributed by atoms with van der Waals surface area (Å²) in [5.41, 5.74) is 1.63. The summed E-state index contributed by atoms with van der Waals surface area (Å²) in [6.45, 7) is 2.94. The molecule has 3 heterocycles. The molecule has 3 aromatic heterocycles. The van der Waals surface area contributed by atoms with Crippen molar-refractivity contribution >= 4 is 17.2 Å². The minimum Gasteiger partial charge on any atom is -0.347 e. The number of thiophene rings is 1. The molecule has 0 atom stereocenters. The predicted molar refractivity (Wildman–Crippen MR) is 103 cm³/mol. The van der Waals surface area contributed by atoms with Gasteiger partial charge in [-0.1, -0.05) is 18.9 Å². The van der Waals surface area contributed by atoms with Crippen LogP contribution in [0.2, 0.25) is 0 Å². The molecule has 1 N–H and O–H groups in total. The van der Waals surface area contributed by atoms with Gasteiger partial charge in [0.1, 0.15) is 11.3 Å². The number of pyridine rings is 1. The predicted octanol–water partition coefficient (Wildman–Crippen LogP) is 2.53. The van der Waals surface area contributed by atoms with E-state index in [1.54, 1.807) is 12.4 Å². The Hall–Kier alpha value is -2.74. The third kappa shape index (κ3) is 4.00. The Morgan fingerprint density at radius 2 is 2.26 bits per heavy atom. The quantitative estimate of drug-likeness (QED) is 0.680. The van der Waals surface area contributed by atoms with Crippen molar-refractivity contribution in [3.63, 3.8) is 0 Å². The van der Waals surface area contributed by atoms with Crippen molar-refractivity contribution in [3.05, 3.63) is 63.4 Å². The van der Waals surface area contributed by atoms with Gasteiger partial charge in [-0.05, 0) is 42.5 Å². The molecule has 27 heavy (non-hydrogen) atoms. The Morgan fingerprint density at radius 1 is 1.41 bits per heavy atom. The summed E-state index contributed by atoms with van der Waals surface area (Å²) < 4.78 is 3.03. The van der Waals surface area contributed by atoms with Gasteiger partial charge in [0.2, 0.25) is 0 Å². The number of amides is 1. The minimum absolute atomic E-state index is 0.151. The van der Waals surface area contributed by atoms with E-state index in [1.165, 1.54) is 39.8 Å². The Labute approximate surface area is 160 Å². The first-order valence-electron chi connectivity index (χ1n) is 9.04. The van der Waals surface area contributed by atoms with Crippen LogP contribution in [0.1, 0.15) is 40.1 Å². The highest BCUT2D eigenvalue weighted by atomic mass is 32.1. The summed E-state index contributed by atoms with van der Waals surface area (Å²) in [4.78, 5) is 29.7. The van der Waals surface area contributed by atoms with Crippen LogP contribution in [0.5, 0.6) is 0 Å². The molecular formula is C19H21N5O2S. The van der Waals surface area contributed by atoms with E-state index < -0.39 is 0 Å². The number of hydrogen-bond acceptors (Lipinski definition) is 5. The molecule has 1 amide bonds. The van der Waals surface area contributed by atoms with Crippen molar-refractivity contribution < 1.29 is 4.79 Å². The molecule has 0 spiro atoms. The molecular weight excluding hydrogens is 362 g/mol. The molecule has 3 aromatic rings. The lowest BCUT2D eigenvalue weighted by molar-refractivity contribution is 0.0954. The van der Waals surface area contributed by atoms with Gasteiger partial charge in [-0.15, -0.1) is 11.3 Å². The Bertz CT molecular complexity index is 1000. The highest BCUT2D eigenvalue weighted by Crippen LogP contribution is 2.32. The van der Waals surface area contributed by atoms with Gasteiger partial charge in [0.05, 0.1) is 4.88 Å². The molecule has 1 aliphatic carbocycles. The smallest absolute Gasteiger partial charge is 0.347 e. The molecule has 0 bridgehead atoms. The first-order valence-corrected chi connectivity index (χ1v) is 9.86. The maximum Gasteiger partial charge on any atom is 0.350 e. The Balaban J connectivity index is 1.47. The molecule has 1 aliphatic rings. The lowest BCUT2D eigenvalue weighted by atomic mass is 10.2. The van der Waals surface area contributed by atoms with Gasteiger partial charge in [-0.25, -0.2) is 14.0 Å². The number of nitrogens with zero attached hydrogens (tertiary/aromatic N) is 4. The van der Waals surface area contributed by atoms with Crippen LogP contribution in [0.3, 0.4) is 0 Å². The Kier molecular flexibility index (Phi) is 4.89. The maximum atomic E-state index is 12.6.